The van der Waals surface area contributed by atoms with Crippen molar-refractivity contribution in [3.8, 4) is 0 Å². The summed E-state index contributed by atoms with van der Waals surface area (Å²) in [5.74, 6) is 0. The van der Waals surface area contributed by atoms with Gasteiger partial charge in [0.2, 0.25) is 0 Å². The van der Waals surface area contributed by atoms with Crippen molar-refractivity contribution in [2.24, 2.45) is 0 Å². The smallest absolute Gasteiger partial charge is 0.435 e. The van der Waals surface area contributed by atoms with Crippen LogP contribution in [0, 0.1) is 0 Å². The van der Waals surface area contributed by atoms with Gasteiger partial charge in [0.05, 0.1) is 6.04 Å². The van der Waals surface area contributed by atoms with Gasteiger partial charge in [0.25, 0.3) is 0 Å². The molecule has 2 atom stereocenters. The molecule has 0 saturated carbocycles. The minimum absolute atomic E-state index is 0.168. The maximum atomic E-state index is 11.4. The summed E-state index contributed by atoms with van der Waals surface area (Å²) >= 11 is 0. The van der Waals surface area contributed by atoms with E-state index >= 15 is 0 Å². The van der Waals surface area contributed by atoms with Gasteiger partial charge in [-0.05, 0) is 27.7 Å². The number of hydrogen-bond acceptors (Lipinski definition) is 2. The molecule has 4 nitrogen and oxygen atoms in total. The van der Waals surface area contributed by atoms with Crippen molar-refractivity contribution < 1.29 is 14.4 Å². The fourth-order valence-corrected chi connectivity index (χ4v) is 2.20. The summed E-state index contributed by atoms with van der Waals surface area (Å²) in [6.07, 6.45) is -0.703. The average Bonchev–Trinajstić information content (AvgIpc) is 2.01. The quantitative estimate of drug-likeness (QED) is 0.580. The van der Waals surface area contributed by atoms with Crippen LogP contribution in [0.4, 0.5) is 4.79 Å². The van der Waals surface area contributed by atoms with Gasteiger partial charge in [0, 0.05) is 6.54 Å². The topological polar surface area (TPSA) is 49.3 Å². The molecule has 0 aliphatic carbocycles. The third-order valence-electron chi connectivity index (χ3n) is 3.22. The number of rotatable bonds is 0. The summed E-state index contributed by atoms with van der Waals surface area (Å²) in [7, 11) is 0. The highest BCUT2D eigenvalue weighted by molar-refractivity contribution is 5.57. The van der Waals surface area contributed by atoms with Crippen LogP contribution in [0.3, 0.4) is 0 Å². The highest BCUT2D eigenvalue weighted by Gasteiger charge is 2.49. The lowest BCUT2D eigenvalue weighted by atomic mass is 9.98. The van der Waals surface area contributed by atoms with E-state index in [4.69, 9.17) is 0 Å². The van der Waals surface area contributed by atoms with E-state index in [1.165, 1.54) is 0 Å². The van der Waals surface area contributed by atoms with E-state index in [-0.39, 0.29) is 16.1 Å². The summed E-state index contributed by atoms with van der Waals surface area (Å²) < 4.78 is 0.168. The second-order valence-corrected chi connectivity index (χ2v) is 5.18. The zero-order valence-corrected chi connectivity index (χ0v) is 9.50. The second-order valence-electron chi connectivity index (χ2n) is 5.18. The standard InChI is InChI=1S/C10H20N2O2/c1-8-7-12(9(13)14,6-5-11-8)10(2,3)4/h8,11H,5-7H2,1-4H3/p+1/t8-,12?/m1/s1. The first-order valence-corrected chi connectivity index (χ1v) is 5.14. The molecule has 1 aliphatic heterocycles. The van der Waals surface area contributed by atoms with Crippen molar-refractivity contribution in [3.63, 3.8) is 0 Å². The van der Waals surface area contributed by atoms with Crippen LogP contribution in [-0.2, 0) is 0 Å². The molecule has 2 N–H and O–H groups in total. The van der Waals surface area contributed by atoms with Gasteiger partial charge < -0.3 is 10.4 Å². The molecule has 0 aromatic heterocycles. The minimum Gasteiger partial charge on any atom is -0.435 e. The van der Waals surface area contributed by atoms with Gasteiger partial charge >= 0.3 is 6.09 Å². The Bertz CT molecular complexity index is 235. The molecule has 0 aromatic rings. The lowest BCUT2D eigenvalue weighted by Crippen LogP contribution is -2.71. The first-order chi connectivity index (χ1) is 6.29. The average molecular weight is 201 g/mol. The SMILES string of the molecule is C[C@@H]1C[N+](C(=O)O)(C(C)(C)C)CCN1. The van der Waals surface area contributed by atoms with Crippen LogP contribution in [-0.4, -0.2) is 46.9 Å². The number of carbonyl (C=O) groups is 1. The molecule has 1 saturated heterocycles. The molecule has 14 heavy (non-hydrogen) atoms. The predicted molar refractivity (Wildman–Crippen MR) is 55.2 cm³/mol. The van der Waals surface area contributed by atoms with Gasteiger partial charge in [0.1, 0.15) is 18.6 Å². The number of piperazine rings is 1. The van der Waals surface area contributed by atoms with Crippen LogP contribution in [0.25, 0.3) is 0 Å². The molecule has 1 unspecified atom stereocenters. The van der Waals surface area contributed by atoms with E-state index in [0.717, 1.165) is 6.54 Å². The molecule has 1 heterocycles. The Balaban J connectivity index is 2.98. The van der Waals surface area contributed by atoms with Gasteiger partial charge in [-0.1, -0.05) is 0 Å². The number of nitrogens with zero attached hydrogens (tertiary/aromatic N) is 1. The predicted octanol–water partition coefficient (Wildman–Crippen LogP) is 1.27. The van der Waals surface area contributed by atoms with E-state index in [0.29, 0.717) is 13.1 Å². The molecule has 1 aliphatic rings. The Morgan fingerprint density at radius 2 is 2.07 bits per heavy atom. The van der Waals surface area contributed by atoms with Crippen molar-refractivity contribution in [3.05, 3.63) is 0 Å². The van der Waals surface area contributed by atoms with E-state index in [9.17, 15) is 9.90 Å². The van der Waals surface area contributed by atoms with Crippen LogP contribution < -0.4 is 5.32 Å². The molecule has 1 fully saturated rings. The monoisotopic (exact) mass is 201 g/mol. The highest BCUT2D eigenvalue weighted by atomic mass is 16.4. The molecule has 0 aromatic carbocycles. The molecule has 1 amide bonds. The van der Waals surface area contributed by atoms with Gasteiger partial charge in [-0.25, -0.2) is 4.48 Å². The minimum atomic E-state index is -0.703. The van der Waals surface area contributed by atoms with Crippen molar-refractivity contribution in [1.82, 2.24) is 5.32 Å². The highest BCUT2D eigenvalue weighted by Crippen LogP contribution is 2.27. The lowest BCUT2D eigenvalue weighted by molar-refractivity contribution is -0.907. The molecule has 0 spiro atoms. The Hall–Kier alpha value is -0.610. The first-order valence-electron chi connectivity index (χ1n) is 5.14. The van der Waals surface area contributed by atoms with Crippen molar-refractivity contribution >= 4 is 6.09 Å². The Morgan fingerprint density at radius 1 is 1.50 bits per heavy atom. The third-order valence-corrected chi connectivity index (χ3v) is 3.22. The number of nitrogens with one attached hydrogen (secondary N) is 1. The first kappa shape index (κ1) is 11.5. The van der Waals surface area contributed by atoms with Gasteiger partial charge in [-0.15, -0.1) is 0 Å². The van der Waals surface area contributed by atoms with Crippen molar-refractivity contribution in [2.75, 3.05) is 19.6 Å². The fourth-order valence-electron chi connectivity index (χ4n) is 2.20. The summed E-state index contributed by atoms with van der Waals surface area (Å²) in [6.45, 7) is 10.2. The van der Waals surface area contributed by atoms with Crippen LogP contribution >= 0.6 is 0 Å². The lowest BCUT2D eigenvalue weighted by Gasteiger charge is -2.47. The van der Waals surface area contributed by atoms with E-state index in [1.807, 2.05) is 27.7 Å². The summed E-state index contributed by atoms with van der Waals surface area (Å²) in [4.78, 5) is 11.4. The number of carboxylic acid groups (broad SMARTS) is 1. The fraction of sp³-hybridized carbons (Fsp3) is 0.900. The molecular formula is C10H21N2O2+. The maximum absolute atomic E-state index is 11.4. The number of amides is 1. The van der Waals surface area contributed by atoms with Gasteiger partial charge in [-0.3, -0.25) is 0 Å². The summed E-state index contributed by atoms with van der Waals surface area (Å²) in [5, 5.41) is 12.7. The van der Waals surface area contributed by atoms with Crippen molar-refractivity contribution in [1.29, 1.82) is 0 Å². The van der Waals surface area contributed by atoms with E-state index in [1.54, 1.807) is 0 Å². The normalized spacial score (nSPS) is 34.1. The molecule has 1 rings (SSSR count). The Kier molecular flexibility index (Phi) is 2.88. The molecule has 0 bridgehead atoms. The zero-order chi connectivity index (χ0) is 11.0. The Morgan fingerprint density at radius 3 is 2.36 bits per heavy atom. The van der Waals surface area contributed by atoms with Crippen LogP contribution in [0.5, 0.6) is 0 Å². The van der Waals surface area contributed by atoms with Crippen molar-refractivity contribution in [2.45, 2.75) is 39.3 Å². The van der Waals surface area contributed by atoms with Crippen LogP contribution in [0.2, 0.25) is 0 Å². The summed E-state index contributed by atoms with van der Waals surface area (Å²) in [6, 6.07) is 0.277. The molecule has 4 heteroatoms. The van der Waals surface area contributed by atoms with E-state index < -0.39 is 6.09 Å². The largest absolute Gasteiger partial charge is 0.514 e. The number of quaternary nitrogens is 1. The molecule has 0 radical (unpaired) electrons. The van der Waals surface area contributed by atoms with E-state index in [2.05, 4.69) is 5.32 Å². The summed E-state index contributed by atoms with van der Waals surface area (Å²) in [5.41, 5.74) is -0.234. The zero-order valence-electron chi connectivity index (χ0n) is 9.50. The third kappa shape index (κ3) is 1.77. The number of hydrogen-bond donors (Lipinski definition) is 2. The van der Waals surface area contributed by atoms with Crippen LogP contribution in [0.15, 0.2) is 0 Å². The van der Waals surface area contributed by atoms with Crippen LogP contribution in [0.1, 0.15) is 27.7 Å². The maximum Gasteiger partial charge on any atom is 0.514 e. The molecule has 82 valence electrons. The van der Waals surface area contributed by atoms with Gasteiger partial charge in [0.15, 0.2) is 0 Å². The second kappa shape index (κ2) is 3.51. The van der Waals surface area contributed by atoms with Gasteiger partial charge in [-0.2, -0.15) is 4.79 Å². The molecular weight excluding hydrogens is 180 g/mol. The Labute approximate surface area is 85.5 Å².